The van der Waals surface area contributed by atoms with Gasteiger partial charge in [-0.05, 0) is 18.6 Å². The number of benzene rings is 1. The predicted octanol–water partition coefficient (Wildman–Crippen LogP) is 2.14. The van der Waals surface area contributed by atoms with Crippen molar-refractivity contribution in [3.63, 3.8) is 0 Å². The third-order valence-corrected chi connectivity index (χ3v) is 1.98. The molecule has 0 bridgehead atoms. The molecule has 0 atom stereocenters. The molecular formula is C10H14N2S. The highest BCUT2D eigenvalue weighted by atomic mass is 32.1. The second-order valence-corrected chi connectivity index (χ2v) is 3.28. The standard InChI is InChI=1S/C10H14N2S/c1-2-7-12-9-6-4-3-5-8(9)10(11)13/h3-6,12H,2,7H2,1H3,(H2,11,13). The van der Waals surface area contributed by atoms with Gasteiger partial charge in [0.05, 0.1) is 0 Å². The summed E-state index contributed by atoms with van der Waals surface area (Å²) < 4.78 is 0. The second-order valence-electron chi connectivity index (χ2n) is 2.84. The predicted molar refractivity (Wildman–Crippen MR) is 61.1 cm³/mol. The first-order valence-electron chi connectivity index (χ1n) is 4.38. The van der Waals surface area contributed by atoms with Crippen molar-refractivity contribution in [3.05, 3.63) is 29.8 Å². The van der Waals surface area contributed by atoms with Crippen molar-refractivity contribution in [2.75, 3.05) is 11.9 Å². The highest BCUT2D eigenvalue weighted by Gasteiger charge is 2.01. The number of thiocarbonyl (C=S) groups is 1. The zero-order valence-corrected chi connectivity index (χ0v) is 8.53. The maximum Gasteiger partial charge on any atom is 0.106 e. The summed E-state index contributed by atoms with van der Waals surface area (Å²) in [7, 11) is 0. The number of hydrogen-bond donors (Lipinski definition) is 2. The monoisotopic (exact) mass is 194 g/mol. The molecule has 2 nitrogen and oxygen atoms in total. The van der Waals surface area contributed by atoms with Crippen LogP contribution in [0.4, 0.5) is 5.69 Å². The van der Waals surface area contributed by atoms with E-state index < -0.39 is 0 Å². The Hall–Kier alpha value is -1.09. The molecule has 1 aromatic carbocycles. The van der Waals surface area contributed by atoms with Crippen LogP contribution in [-0.2, 0) is 0 Å². The van der Waals surface area contributed by atoms with Gasteiger partial charge >= 0.3 is 0 Å². The average Bonchev–Trinajstić information content (AvgIpc) is 2.15. The van der Waals surface area contributed by atoms with Crippen LogP contribution in [0, 0.1) is 0 Å². The van der Waals surface area contributed by atoms with Crippen molar-refractivity contribution in [1.29, 1.82) is 0 Å². The van der Waals surface area contributed by atoms with E-state index in [1.807, 2.05) is 24.3 Å². The van der Waals surface area contributed by atoms with Crippen LogP contribution in [0.5, 0.6) is 0 Å². The molecule has 3 N–H and O–H groups in total. The summed E-state index contributed by atoms with van der Waals surface area (Å²) in [4.78, 5) is 0.444. The molecule has 0 radical (unpaired) electrons. The molecule has 0 aliphatic rings. The first-order chi connectivity index (χ1) is 6.25. The van der Waals surface area contributed by atoms with Crippen LogP contribution >= 0.6 is 12.2 Å². The van der Waals surface area contributed by atoms with E-state index in [0.717, 1.165) is 24.2 Å². The molecule has 1 aromatic rings. The van der Waals surface area contributed by atoms with E-state index in [1.165, 1.54) is 0 Å². The molecule has 13 heavy (non-hydrogen) atoms. The van der Waals surface area contributed by atoms with Crippen LogP contribution in [0.1, 0.15) is 18.9 Å². The van der Waals surface area contributed by atoms with E-state index in [-0.39, 0.29) is 0 Å². The Labute approximate surface area is 84.1 Å². The van der Waals surface area contributed by atoms with Gasteiger partial charge in [0.15, 0.2) is 0 Å². The molecule has 0 saturated heterocycles. The highest BCUT2D eigenvalue weighted by Crippen LogP contribution is 2.14. The zero-order valence-electron chi connectivity index (χ0n) is 7.71. The molecule has 70 valence electrons. The molecule has 0 aliphatic heterocycles. The SMILES string of the molecule is CCCNc1ccccc1C(N)=S. The van der Waals surface area contributed by atoms with Crippen LogP contribution < -0.4 is 11.1 Å². The van der Waals surface area contributed by atoms with Gasteiger partial charge in [-0.25, -0.2) is 0 Å². The zero-order chi connectivity index (χ0) is 9.68. The Kier molecular flexibility index (Phi) is 3.71. The molecule has 0 unspecified atom stereocenters. The van der Waals surface area contributed by atoms with Crippen LogP contribution in [0.15, 0.2) is 24.3 Å². The van der Waals surface area contributed by atoms with Gasteiger partial charge in [0.2, 0.25) is 0 Å². The van der Waals surface area contributed by atoms with Crippen molar-refractivity contribution in [3.8, 4) is 0 Å². The number of anilines is 1. The maximum absolute atomic E-state index is 5.58. The van der Waals surface area contributed by atoms with E-state index in [9.17, 15) is 0 Å². The topological polar surface area (TPSA) is 38.0 Å². The largest absolute Gasteiger partial charge is 0.389 e. The minimum absolute atomic E-state index is 0.444. The number of hydrogen-bond acceptors (Lipinski definition) is 2. The molecule has 0 saturated carbocycles. The van der Waals surface area contributed by atoms with Gasteiger partial charge in [0.25, 0.3) is 0 Å². The lowest BCUT2D eigenvalue weighted by Crippen LogP contribution is -2.13. The van der Waals surface area contributed by atoms with Gasteiger partial charge in [-0.2, -0.15) is 0 Å². The van der Waals surface area contributed by atoms with Gasteiger partial charge in [0, 0.05) is 17.8 Å². The first-order valence-corrected chi connectivity index (χ1v) is 4.79. The summed E-state index contributed by atoms with van der Waals surface area (Å²) in [6.07, 6.45) is 1.09. The third kappa shape index (κ3) is 2.70. The number of nitrogens with two attached hydrogens (primary N) is 1. The molecular weight excluding hydrogens is 180 g/mol. The molecule has 0 aliphatic carbocycles. The summed E-state index contributed by atoms with van der Waals surface area (Å²) in [6, 6.07) is 7.83. The van der Waals surface area contributed by atoms with Gasteiger partial charge < -0.3 is 11.1 Å². The van der Waals surface area contributed by atoms with Crippen LogP contribution in [0.25, 0.3) is 0 Å². The fourth-order valence-corrected chi connectivity index (χ4v) is 1.29. The summed E-state index contributed by atoms with van der Waals surface area (Å²) >= 11 is 4.94. The van der Waals surface area contributed by atoms with Crippen molar-refractivity contribution >= 4 is 22.9 Å². The molecule has 1 rings (SSSR count). The van der Waals surface area contributed by atoms with E-state index in [1.54, 1.807) is 0 Å². The average molecular weight is 194 g/mol. The van der Waals surface area contributed by atoms with Gasteiger partial charge in [-0.3, -0.25) is 0 Å². The molecule has 0 amide bonds. The lowest BCUT2D eigenvalue weighted by molar-refractivity contribution is 0.979. The van der Waals surface area contributed by atoms with Crippen molar-refractivity contribution in [2.45, 2.75) is 13.3 Å². The Morgan fingerprint density at radius 2 is 2.15 bits per heavy atom. The second kappa shape index (κ2) is 4.82. The summed E-state index contributed by atoms with van der Waals surface area (Å²) in [5.41, 5.74) is 7.52. The lowest BCUT2D eigenvalue weighted by Gasteiger charge is -2.09. The minimum atomic E-state index is 0.444. The fourth-order valence-electron chi connectivity index (χ4n) is 1.11. The van der Waals surface area contributed by atoms with Gasteiger partial charge in [-0.15, -0.1) is 0 Å². The van der Waals surface area contributed by atoms with E-state index in [4.69, 9.17) is 18.0 Å². The Morgan fingerprint density at radius 3 is 2.77 bits per heavy atom. The first kappa shape index (κ1) is 9.99. The van der Waals surface area contributed by atoms with Crippen LogP contribution in [0.3, 0.4) is 0 Å². The third-order valence-electron chi connectivity index (χ3n) is 1.76. The normalized spacial score (nSPS) is 9.62. The van der Waals surface area contributed by atoms with Crippen molar-refractivity contribution in [1.82, 2.24) is 0 Å². The van der Waals surface area contributed by atoms with Gasteiger partial charge in [-0.1, -0.05) is 31.3 Å². The smallest absolute Gasteiger partial charge is 0.106 e. The number of para-hydroxylation sites is 1. The fraction of sp³-hybridized carbons (Fsp3) is 0.300. The highest BCUT2D eigenvalue weighted by molar-refractivity contribution is 7.80. The number of nitrogens with one attached hydrogen (secondary N) is 1. The lowest BCUT2D eigenvalue weighted by atomic mass is 10.2. The van der Waals surface area contributed by atoms with Crippen LogP contribution in [-0.4, -0.2) is 11.5 Å². The maximum atomic E-state index is 5.58. The Morgan fingerprint density at radius 1 is 1.46 bits per heavy atom. The molecule has 3 heteroatoms. The van der Waals surface area contributed by atoms with Crippen LogP contribution in [0.2, 0.25) is 0 Å². The van der Waals surface area contributed by atoms with Crippen molar-refractivity contribution in [2.24, 2.45) is 5.73 Å². The summed E-state index contributed by atoms with van der Waals surface area (Å²) in [5.74, 6) is 0. The minimum Gasteiger partial charge on any atom is -0.389 e. The van der Waals surface area contributed by atoms with E-state index in [0.29, 0.717) is 4.99 Å². The molecule has 0 spiro atoms. The number of rotatable bonds is 4. The molecule has 0 aromatic heterocycles. The molecule has 0 heterocycles. The van der Waals surface area contributed by atoms with Crippen molar-refractivity contribution < 1.29 is 0 Å². The van der Waals surface area contributed by atoms with E-state index >= 15 is 0 Å². The Bertz CT molecular complexity index is 297. The summed E-state index contributed by atoms with van der Waals surface area (Å²) in [5, 5.41) is 3.28. The Balaban J connectivity index is 2.84. The molecule has 0 fully saturated rings. The van der Waals surface area contributed by atoms with Gasteiger partial charge in [0.1, 0.15) is 4.99 Å². The van der Waals surface area contributed by atoms with E-state index in [2.05, 4.69) is 12.2 Å². The summed E-state index contributed by atoms with van der Waals surface area (Å²) in [6.45, 7) is 3.07. The quantitative estimate of drug-likeness (QED) is 0.721.